The van der Waals surface area contributed by atoms with Crippen LogP contribution < -0.4 is 11.1 Å². The molecule has 19 heavy (non-hydrogen) atoms. The van der Waals surface area contributed by atoms with Gasteiger partial charge in [0.2, 0.25) is 0 Å². The van der Waals surface area contributed by atoms with Gasteiger partial charge >= 0.3 is 0 Å². The van der Waals surface area contributed by atoms with Crippen molar-refractivity contribution in [2.24, 2.45) is 0 Å². The second-order valence-corrected chi connectivity index (χ2v) is 4.47. The number of anilines is 1. The SMILES string of the molecule is Nc1ccc(Cl)c(C(=O)NCCc2ccccc2)n1. The Hall–Kier alpha value is -2.07. The van der Waals surface area contributed by atoms with Crippen molar-refractivity contribution in [1.82, 2.24) is 10.3 Å². The first kappa shape index (κ1) is 13.4. The van der Waals surface area contributed by atoms with Gasteiger partial charge in [-0.3, -0.25) is 4.79 Å². The van der Waals surface area contributed by atoms with E-state index >= 15 is 0 Å². The molecule has 4 nitrogen and oxygen atoms in total. The highest BCUT2D eigenvalue weighted by Gasteiger charge is 2.11. The van der Waals surface area contributed by atoms with Crippen LogP contribution in [0.25, 0.3) is 0 Å². The van der Waals surface area contributed by atoms with Gasteiger partial charge < -0.3 is 11.1 Å². The van der Waals surface area contributed by atoms with E-state index in [1.54, 1.807) is 12.1 Å². The summed E-state index contributed by atoms with van der Waals surface area (Å²) in [5.74, 6) is -0.0363. The fraction of sp³-hybridized carbons (Fsp3) is 0.143. The van der Waals surface area contributed by atoms with Crippen LogP contribution in [-0.2, 0) is 6.42 Å². The van der Waals surface area contributed by atoms with Gasteiger partial charge in [-0.25, -0.2) is 4.98 Å². The number of nitrogens with one attached hydrogen (secondary N) is 1. The lowest BCUT2D eigenvalue weighted by Crippen LogP contribution is -2.27. The molecule has 98 valence electrons. The van der Waals surface area contributed by atoms with Crippen molar-refractivity contribution in [2.75, 3.05) is 12.3 Å². The van der Waals surface area contributed by atoms with E-state index in [1.165, 1.54) is 0 Å². The summed E-state index contributed by atoms with van der Waals surface area (Å²) in [6.45, 7) is 0.523. The molecule has 0 aliphatic carbocycles. The van der Waals surface area contributed by atoms with Gasteiger partial charge in [-0.2, -0.15) is 0 Å². The highest BCUT2D eigenvalue weighted by molar-refractivity contribution is 6.33. The molecule has 0 spiro atoms. The standard InChI is InChI=1S/C14H14ClN3O/c15-11-6-7-12(16)18-13(11)14(19)17-9-8-10-4-2-1-3-5-10/h1-7H,8-9H2,(H2,16,18)(H,17,19). The fourth-order valence-corrected chi connectivity index (χ4v) is 1.86. The van der Waals surface area contributed by atoms with E-state index in [4.69, 9.17) is 17.3 Å². The maximum atomic E-state index is 11.9. The van der Waals surface area contributed by atoms with Crippen LogP contribution in [0.4, 0.5) is 5.82 Å². The number of aromatic nitrogens is 1. The van der Waals surface area contributed by atoms with Gasteiger partial charge in [-0.1, -0.05) is 41.9 Å². The molecule has 0 fully saturated rings. The highest BCUT2D eigenvalue weighted by atomic mass is 35.5. The molecule has 0 atom stereocenters. The minimum absolute atomic E-state index is 0.162. The molecule has 2 rings (SSSR count). The van der Waals surface area contributed by atoms with Crippen LogP contribution in [0.15, 0.2) is 42.5 Å². The number of hydrogen-bond acceptors (Lipinski definition) is 3. The van der Waals surface area contributed by atoms with Crippen molar-refractivity contribution in [3.63, 3.8) is 0 Å². The van der Waals surface area contributed by atoms with E-state index in [0.29, 0.717) is 11.6 Å². The van der Waals surface area contributed by atoms with E-state index < -0.39 is 0 Å². The Bertz CT molecular complexity index is 572. The van der Waals surface area contributed by atoms with Gasteiger partial charge in [0.25, 0.3) is 5.91 Å². The zero-order chi connectivity index (χ0) is 13.7. The molecular formula is C14H14ClN3O. The molecule has 0 aliphatic heterocycles. The van der Waals surface area contributed by atoms with E-state index in [0.717, 1.165) is 12.0 Å². The number of rotatable bonds is 4. The largest absolute Gasteiger partial charge is 0.384 e. The first-order valence-electron chi connectivity index (χ1n) is 5.91. The van der Waals surface area contributed by atoms with Crippen molar-refractivity contribution in [3.8, 4) is 0 Å². The Morgan fingerprint density at radius 1 is 1.21 bits per heavy atom. The van der Waals surface area contributed by atoms with Crippen LogP contribution in [-0.4, -0.2) is 17.4 Å². The molecule has 1 aromatic heterocycles. The Balaban J connectivity index is 1.93. The Kier molecular flexibility index (Phi) is 4.36. The van der Waals surface area contributed by atoms with Gasteiger partial charge in [-0.05, 0) is 24.1 Å². The second-order valence-electron chi connectivity index (χ2n) is 4.06. The summed E-state index contributed by atoms with van der Waals surface area (Å²) >= 11 is 5.91. The molecule has 0 bridgehead atoms. The number of carbonyl (C=O) groups is 1. The number of benzene rings is 1. The van der Waals surface area contributed by atoms with Gasteiger partial charge in [0.1, 0.15) is 11.5 Å². The van der Waals surface area contributed by atoms with Crippen molar-refractivity contribution in [3.05, 3.63) is 58.7 Å². The van der Waals surface area contributed by atoms with E-state index in [2.05, 4.69) is 10.3 Å². The van der Waals surface area contributed by atoms with Crippen molar-refractivity contribution < 1.29 is 4.79 Å². The molecule has 0 unspecified atom stereocenters. The van der Waals surface area contributed by atoms with Crippen LogP contribution in [0.3, 0.4) is 0 Å². The van der Waals surface area contributed by atoms with E-state index in [-0.39, 0.29) is 17.4 Å². The van der Waals surface area contributed by atoms with Crippen LogP contribution in [0.5, 0.6) is 0 Å². The zero-order valence-electron chi connectivity index (χ0n) is 10.3. The molecule has 1 heterocycles. The van der Waals surface area contributed by atoms with E-state index in [9.17, 15) is 4.79 Å². The Labute approximate surface area is 116 Å². The summed E-state index contributed by atoms with van der Waals surface area (Å²) in [6.07, 6.45) is 0.756. The molecule has 0 aliphatic rings. The normalized spacial score (nSPS) is 10.2. The van der Waals surface area contributed by atoms with Crippen LogP contribution >= 0.6 is 11.6 Å². The number of nitrogens with two attached hydrogens (primary N) is 1. The topological polar surface area (TPSA) is 68.0 Å². The van der Waals surface area contributed by atoms with Crippen LogP contribution in [0, 0.1) is 0 Å². The van der Waals surface area contributed by atoms with Gasteiger partial charge in [0.15, 0.2) is 0 Å². The Morgan fingerprint density at radius 2 is 1.95 bits per heavy atom. The second kappa shape index (κ2) is 6.20. The lowest BCUT2D eigenvalue weighted by molar-refractivity contribution is 0.0949. The van der Waals surface area contributed by atoms with Crippen LogP contribution in [0.2, 0.25) is 5.02 Å². The van der Waals surface area contributed by atoms with Crippen molar-refractivity contribution >= 4 is 23.3 Å². The quantitative estimate of drug-likeness (QED) is 0.900. The molecule has 0 radical (unpaired) electrons. The summed E-state index contributed by atoms with van der Waals surface area (Å²) in [7, 11) is 0. The summed E-state index contributed by atoms with van der Waals surface area (Å²) in [5.41, 5.74) is 6.86. The molecule has 1 aromatic carbocycles. The predicted molar refractivity (Wildman–Crippen MR) is 76.1 cm³/mol. The summed E-state index contributed by atoms with van der Waals surface area (Å²) in [6, 6.07) is 13.0. The molecule has 2 aromatic rings. The highest BCUT2D eigenvalue weighted by Crippen LogP contribution is 2.14. The third-order valence-electron chi connectivity index (χ3n) is 2.62. The average molecular weight is 276 g/mol. The lowest BCUT2D eigenvalue weighted by atomic mass is 10.1. The van der Waals surface area contributed by atoms with Gasteiger partial charge in [-0.15, -0.1) is 0 Å². The monoisotopic (exact) mass is 275 g/mol. The summed E-state index contributed by atoms with van der Waals surface area (Å²) < 4.78 is 0. The summed E-state index contributed by atoms with van der Waals surface area (Å²) in [4.78, 5) is 15.8. The maximum absolute atomic E-state index is 11.9. The smallest absolute Gasteiger partial charge is 0.271 e. The molecule has 0 saturated heterocycles. The first-order chi connectivity index (χ1) is 9.16. The predicted octanol–water partition coefficient (Wildman–Crippen LogP) is 2.29. The zero-order valence-corrected chi connectivity index (χ0v) is 11.0. The molecule has 3 N–H and O–H groups in total. The minimum atomic E-state index is -0.312. The van der Waals surface area contributed by atoms with Crippen molar-refractivity contribution in [2.45, 2.75) is 6.42 Å². The molecular weight excluding hydrogens is 262 g/mol. The number of pyridine rings is 1. The maximum Gasteiger partial charge on any atom is 0.271 e. The number of carbonyl (C=O) groups excluding carboxylic acids is 1. The number of hydrogen-bond donors (Lipinski definition) is 2. The number of nitrogens with zero attached hydrogens (tertiary/aromatic N) is 1. The summed E-state index contributed by atoms with van der Waals surface area (Å²) in [5, 5.41) is 3.07. The molecule has 1 amide bonds. The van der Waals surface area contributed by atoms with Crippen LogP contribution in [0.1, 0.15) is 16.1 Å². The number of nitrogen functional groups attached to an aromatic ring is 1. The third-order valence-corrected chi connectivity index (χ3v) is 2.93. The van der Waals surface area contributed by atoms with Crippen molar-refractivity contribution in [1.29, 1.82) is 0 Å². The minimum Gasteiger partial charge on any atom is -0.384 e. The Morgan fingerprint density at radius 3 is 2.68 bits per heavy atom. The molecule has 0 saturated carbocycles. The molecule has 5 heteroatoms. The first-order valence-corrected chi connectivity index (χ1v) is 6.29. The fourth-order valence-electron chi connectivity index (χ4n) is 1.67. The van der Waals surface area contributed by atoms with Gasteiger partial charge in [0.05, 0.1) is 5.02 Å². The number of amides is 1. The number of halogens is 1. The van der Waals surface area contributed by atoms with E-state index in [1.807, 2.05) is 30.3 Å². The van der Waals surface area contributed by atoms with Gasteiger partial charge in [0, 0.05) is 6.54 Å². The third kappa shape index (κ3) is 3.69. The lowest BCUT2D eigenvalue weighted by Gasteiger charge is -2.06. The average Bonchev–Trinajstić information content (AvgIpc) is 2.42.